The maximum atomic E-state index is 5.98. The smallest absolute Gasteiger partial charge is 0.222 e. The molecule has 7 nitrogen and oxygen atoms in total. The van der Waals surface area contributed by atoms with Crippen LogP contribution in [0.1, 0.15) is 36.4 Å². The first-order chi connectivity index (χ1) is 11.2. The Hall–Kier alpha value is -2.15. The van der Waals surface area contributed by atoms with Gasteiger partial charge in [-0.15, -0.1) is 0 Å². The van der Waals surface area contributed by atoms with Gasteiger partial charge in [0.2, 0.25) is 5.95 Å². The molecule has 2 aromatic rings. The normalized spacial score (nSPS) is 20.8. The maximum absolute atomic E-state index is 5.98. The van der Waals surface area contributed by atoms with E-state index in [1.165, 1.54) is 18.4 Å². The second kappa shape index (κ2) is 5.81. The highest BCUT2D eigenvalue weighted by molar-refractivity contribution is 5.47. The molecule has 2 aromatic heterocycles. The summed E-state index contributed by atoms with van der Waals surface area (Å²) in [5, 5.41) is 4.26. The van der Waals surface area contributed by atoms with Gasteiger partial charge in [0.1, 0.15) is 5.82 Å². The molecule has 0 bridgehead atoms. The minimum Gasteiger partial charge on any atom is -0.381 e. The first-order valence-corrected chi connectivity index (χ1v) is 8.15. The SMILES string of the molecule is Cn1cc(CN(c2cc([C@@H]3CCOC3)nc(N)n2)C2CC2)cn1. The Morgan fingerprint density at radius 3 is 2.87 bits per heavy atom. The van der Waals surface area contributed by atoms with Gasteiger partial charge in [0, 0.05) is 50.0 Å². The van der Waals surface area contributed by atoms with Crippen LogP contribution in [0.5, 0.6) is 0 Å². The van der Waals surface area contributed by atoms with E-state index in [1.807, 2.05) is 24.1 Å². The molecule has 4 rings (SSSR count). The summed E-state index contributed by atoms with van der Waals surface area (Å²) < 4.78 is 7.31. The lowest BCUT2D eigenvalue weighted by Crippen LogP contribution is -2.26. The van der Waals surface area contributed by atoms with Gasteiger partial charge in [-0.05, 0) is 19.3 Å². The van der Waals surface area contributed by atoms with Crippen molar-refractivity contribution < 1.29 is 4.74 Å². The summed E-state index contributed by atoms with van der Waals surface area (Å²) >= 11 is 0. The number of rotatable bonds is 5. The van der Waals surface area contributed by atoms with Gasteiger partial charge >= 0.3 is 0 Å². The highest BCUT2D eigenvalue weighted by atomic mass is 16.5. The summed E-state index contributed by atoms with van der Waals surface area (Å²) in [6.45, 7) is 2.32. The highest BCUT2D eigenvalue weighted by Crippen LogP contribution is 2.34. The third kappa shape index (κ3) is 3.14. The van der Waals surface area contributed by atoms with E-state index in [9.17, 15) is 0 Å². The van der Waals surface area contributed by atoms with Crippen LogP contribution < -0.4 is 10.6 Å². The van der Waals surface area contributed by atoms with Crippen LogP contribution in [0, 0.1) is 0 Å². The van der Waals surface area contributed by atoms with Gasteiger partial charge in [-0.25, -0.2) is 4.98 Å². The van der Waals surface area contributed by atoms with Crippen LogP contribution in [0.2, 0.25) is 0 Å². The van der Waals surface area contributed by atoms with Crippen molar-refractivity contribution >= 4 is 11.8 Å². The second-order valence-corrected chi connectivity index (χ2v) is 6.45. The van der Waals surface area contributed by atoms with Crippen LogP contribution in [0.25, 0.3) is 0 Å². The minimum absolute atomic E-state index is 0.332. The number of aromatic nitrogens is 4. The quantitative estimate of drug-likeness (QED) is 0.900. The van der Waals surface area contributed by atoms with Gasteiger partial charge in [0.15, 0.2) is 0 Å². The third-order valence-electron chi connectivity index (χ3n) is 4.49. The van der Waals surface area contributed by atoms with Crippen molar-refractivity contribution in [3.05, 3.63) is 29.7 Å². The van der Waals surface area contributed by atoms with E-state index in [1.54, 1.807) is 0 Å². The van der Waals surface area contributed by atoms with E-state index >= 15 is 0 Å². The molecule has 2 aliphatic rings. The zero-order valence-electron chi connectivity index (χ0n) is 13.4. The number of nitrogen functional groups attached to an aromatic ring is 1. The van der Waals surface area contributed by atoms with Gasteiger partial charge in [-0.2, -0.15) is 10.1 Å². The fraction of sp³-hybridized carbons (Fsp3) is 0.562. The summed E-state index contributed by atoms with van der Waals surface area (Å²) in [7, 11) is 1.94. The Morgan fingerprint density at radius 2 is 2.22 bits per heavy atom. The molecule has 2 N–H and O–H groups in total. The standard InChI is InChI=1S/C16H22N6O/c1-21-8-11(7-18-21)9-22(13-2-3-13)15-6-14(19-16(17)20-15)12-4-5-23-10-12/h6-8,12-13H,2-5,9-10H2,1H3,(H2,17,19,20)/t12-/m1/s1. The number of nitrogens with zero attached hydrogens (tertiary/aromatic N) is 5. The van der Waals surface area contributed by atoms with Gasteiger partial charge < -0.3 is 15.4 Å². The van der Waals surface area contributed by atoms with Crippen LogP contribution >= 0.6 is 0 Å². The molecule has 1 atom stereocenters. The molecule has 1 saturated carbocycles. The predicted molar refractivity (Wildman–Crippen MR) is 87.0 cm³/mol. The topological polar surface area (TPSA) is 82.1 Å². The average molecular weight is 314 g/mol. The van der Waals surface area contributed by atoms with Gasteiger partial charge in [-0.1, -0.05) is 0 Å². The van der Waals surface area contributed by atoms with Crippen molar-refractivity contribution in [3.8, 4) is 0 Å². The monoisotopic (exact) mass is 314 g/mol. The minimum atomic E-state index is 0.332. The van der Waals surface area contributed by atoms with Crippen LogP contribution in [0.4, 0.5) is 11.8 Å². The number of nitrogens with two attached hydrogens (primary N) is 1. The summed E-state index contributed by atoms with van der Waals surface area (Å²) in [5.74, 6) is 1.60. The Morgan fingerprint density at radius 1 is 1.35 bits per heavy atom. The second-order valence-electron chi connectivity index (χ2n) is 6.45. The average Bonchev–Trinajstić information content (AvgIpc) is 3.05. The lowest BCUT2D eigenvalue weighted by atomic mass is 10.0. The Bertz CT molecular complexity index is 690. The van der Waals surface area contributed by atoms with Gasteiger partial charge in [0.25, 0.3) is 0 Å². The molecule has 1 aliphatic carbocycles. The van der Waals surface area contributed by atoms with E-state index in [0.29, 0.717) is 17.9 Å². The molecule has 0 radical (unpaired) electrons. The van der Waals surface area contributed by atoms with Gasteiger partial charge in [-0.3, -0.25) is 4.68 Å². The van der Waals surface area contributed by atoms with Gasteiger partial charge in [0.05, 0.1) is 18.5 Å². The molecule has 1 aliphatic heterocycles. The molecule has 7 heteroatoms. The fourth-order valence-electron chi connectivity index (χ4n) is 3.13. The lowest BCUT2D eigenvalue weighted by molar-refractivity contribution is 0.193. The molecular weight excluding hydrogens is 292 g/mol. The van der Waals surface area contributed by atoms with Crippen molar-refractivity contribution in [1.29, 1.82) is 0 Å². The van der Waals surface area contributed by atoms with E-state index in [-0.39, 0.29) is 0 Å². The zero-order valence-corrected chi connectivity index (χ0v) is 13.4. The molecule has 0 unspecified atom stereocenters. The number of hydrogen-bond donors (Lipinski definition) is 1. The van der Waals surface area contributed by atoms with Crippen molar-refractivity contribution in [2.75, 3.05) is 23.8 Å². The van der Waals surface area contributed by atoms with Crippen molar-refractivity contribution in [2.24, 2.45) is 7.05 Å². The van der Waals surface area contributed by atoms with Crippen LogP contribution in [0.15, 0.2) is 18.5 Å². The van der Waals surface area contributed by atoms with Crippen molar-refractivity contribution in [3.63, 3.8) is 0 Å². The summed E-state index contributed by atoms with van der Waals surface area (Å²) in [6.07, 6.45) is 7.36. The number of aryl methyl sites for hydroxylation is 1. The molecule has 2 fully saturated rings. The van der Waals surface area contributed by atoms with E-state index in [0.717, 1.165) is 37.7 Å². The van der Waals surface area contributed by atoms with Crippen LogP contribution in [0.3, 0.4) is 0 Å². The molecule has 0 amide bonds. The largest absolute Gasteiger partial charge is 0.381 e. The molecular formula is C16H22N6O. The van der Waals surface area contributed by atoms with E-state index in [2.05, 4.69) is 26.0 Å². The molecule has 122 valence electrons. The Labute approximate surface area is 135 Å². The first kappa shape index (κ1) is 14.4. The van der Waals surface area contributed by atoms with E-state index in [4.69, 9.17) is 10.5 Å². The highest BCUT2D eigenvalue weighted by Gasteiger charge is 2.31. The molecule has 0 aromatic carbocycles. The fourth-order valence-corrected chi connectivity index (χ4v) is 3.13. The Kier molecular flexibility index (Phi) is 3.65. The first-order valence-electron chi connectivity index (χ1n) is 8.15. The third-order valence-corrected chi connectivity index (χ3v) is 4.49. The summed E-state index contributed by atoms with van der Waals surface area (Å²) in [6, 6.07) is 2.63. The number of anilines is 2. The predicted octanol–water partition coefficient (Wildman–Crippen LogP) is 1.47. The maximum Gasteiger partial charge on any atom is 0.222 e. The zero-order chi connectivity index (χ0) is 15.8. The molecule has 3 heterocycles. The lowest BCUT2D eigenvalue weighted by Gasteiger charge is -2.24. The number of ether oxygens (including phenoxy) is 1. The van der Waals surface area contributed by atoms with Crippen LogP contribution in [-0.2, 0) is 18.3 Å². The van der Waals surface area contributed by atoms with Crippen molar-refractivity contribution in [1.82, 2.24) is 19.7 Å². The summed E-state index contributed by atoms with van der Waals surface area (Å²) in [5.41, 5.74) is 8.16. The van der Waals surface area contributed by atoms with Crippen LogP contribution in [-0.4, -0.2) is 39.0 Å². The molecule has 0 spiro atoms. The molecule has 23 heavy (non-hydrogen) atoms. The summed E-state index contributed by atoms with van der Waals surface area (Å²) in [4.78, 5) is 11.3. The van der Waals surface area contributed by atoms with E-state index < -0.39 is 0 Å². The number of hydrogen-bond acceptors (Lipinski definition) is 6. The Balaban J connectivity index is 1.62. The van der Waals surface area contributed by atoms with Crippen molar-refractivity contribution in [2.45, 2.75) is 37.8 Å². The molecule has 1 saturated heterocycles.